The lowest BCUT2D eigenvalue weighted by atomic mass is 10.0. The van der Waals surface area contributed by atoms with E-state index in [1.54, 1.807) is 10.9 Å². The first-order valence-corrected chi connectivity index (χ1v) is 7.55. The normalized spacial score (nSPS) is 26.7. The Morgan fingerprint density at radius 1 is 1.67 bits per heavy atom. The van der Waals surface area contributed by atoms with Gasteiger partial charge in [0.2, 0.25) is 0 Å². The molecule has 1 aliphatic heterocycles. The number of halogens is 1. The van der Waals surface area contributed by atoms with Crippen LogP contribution < -0.4 is 0 Å². The highest BCUT2D eigenvalue weighted by molar-refractivity contribution is 9.09. The predicted molar refractivity (Wildman–Crippen MR) is 61.6 cm³/mol. The molecular weight excluding hydrogens is 280 g/mol. The van der Waals surface area contributed by atoms with Gasteiger partial charge in [-0.1, -0.05) is 15.9 Å². The first-order valence-electron chi connectivity index (χ1n) is 4.81. The molecular formula is C9H13BrN2O2S. The average molecular weight is 293 g/mol. The van der Waals surface area contributed by atoms with Crippen molar-refractivity contribution in [3.05, 3.63) is 18.0 Å². The molecule has 1 aromatic rings. The second-order valence-electron chi connectivity index (χ2n) is 4.01. The molecule has 84 valence electrons. The number of rotatable bonds is 2. The van der Waals surface area contributed by atoms with Crippen molar-refractivity contribution in [2.45, 2.75) is 11.2 Å². The first-order chi connectivity index (χ1) is 6.98. The van der Waals surface area contributed by atoms with Gasteiger partial charge in [0, 0.05) is 23.6 Å². The number of nitrogens with zero attached hydrogens (tertiary/aromatic N) is 2. The lowest BCUT2D eigenvalue weighted by Crippen LogP contribution is -2.09. The molecule has 15 heavy (non-hydrogen) atoms. The number of alkyl halides is 1. The van der Waals surface area contributed by atoms with Crippen molar-refractivity contribution in [2.24, 2.45) is 13.0 Å². The standard InChI is InChI=1S/C9H13BrN2O2S/c1-12-5-8(4-11-12)9(10)7-2-3-15(13,14)6-7/h4-5,7,9H,2-3,6H2,1H3. The lowest BCUT2D eigenvalue weighted by molar-refractivity contribution is 0.579. The molecule has 1 fully saturated rings. The van der Waals surface area contributed by atoms with Crippen molar-refractivity contribution in [1.29, 1.82) is 0 Å². The fraction of sp³-hybridized carbons (Fsp3) is 0.667. The summed E-state index contributed by atoms with van der Waals surface area (Å²) in [7, 11) is -0.943. The smallest absolute Gasteiger partial charge is 0.150 e. The maximum atomic E-state index is 11.3. The second-order valence-corrected chi connectivity index (χ2v) is 7.23. The van der Waals surface area contributed by atoms with Crippen LogP contribution in [-0.4, -0.2) is 29.7 Å². The van der Waals surface area contributed by atoms with Crippen LogP contribution >= 0.6 is 15.9 Å². The summed E-state index contributed by atoms with van der Waals surface area (Å²) in [5, 5.41) is 4.08. The third-order valence-corrected chi connectivity index (χ3v) is 5.79. The molecule has 0 radical (unpaired) electrons. The topological polar surface area (TPSA) is 52.0 Å². The molecule has 4 nitrogen and oxygen atoms in total. The summed E-state index contributed by atoms with van der Waals surface area (Å²) in [6, 6.07) is 0. The summed E-state index contributed by atoms with van der Waals surface area (Å²) in [5.74, 6) is 0.789. The van der Waals surface area contributed by atoms with Crippen LogP contribution in [0, 0.1) is 5.92 Å². The summed E-state index contributed by atoms with van der Waals surface area (Å²) < 4.78 is 24.4. The zero-order chi connectivity index (χ0) is 11.1. The van der Waals surface area contributed by atoms with E-state index >= 15 is 0 Å². The first kappa shape index (κ1) is 11.1. The molecule has 2 heterocycles. The SMILES string of the molecule is Cn1cc(C(Br)C2CCS(=O)(=O)C2)cn1. The zero-order valence-corrected chi connectivity index (χ0v) is 10.8. The Labute approximate surface area is 97.7 Å². The number of hydrogen-bond acceptors (Lipinski definition) is 3. The molecule has 2 atom stereocenters. The predicted octanol–water partition coefficient (Wildman–Crippen LogP) is 1.29. The fourth-order valence-electron chi connectivity index (χ4n) is 1.91. The largest absolute Gasteiger partial charge is 0.276 e. The molecule has 2 unspecified atom stereocenters. The van der Waals surface area contributed by atoms with Gasteiger partial charge in [0.1, 0.15) is 0 Å². The van der Waals surface area contributed by atoms with Gasteiger partial charge in [0.05, 0.1) is 17.7 Å². The van der Waals surface area contributed by atoms with E-state index in [2.05, 4.69) is 21.0 Å². The Balaban J connectivity index is 2.13. The summed E-state index contributed by atoms with van der Waals surface area (Å²) >= 11 is 3.56. The third-order valence-electron chi connectivity index (χ3n) is 2.72. The maximum absolute atomic E-state index is 11.3. The van der Waals surface area contributed by atoms with Gasteiger partial charge < -0.3 is 0 Å². The van der Waals surface area contributed by atoms with Crippen molar-refractivity contribution < 1.29 is 8.42 Å². The van der Waals surface area contributed by atoms with E-state index in [0.717, 1.165) is 12.0 Å². The Morgan fingerprint density at radius 2 is 2.40 bits per heavy atom. The third kappa shape index (κ3) is 2.42. The maximum Gasteiger partial charge on any atom is 0.150 e. The highest BCUT2D eigenvalue weighted by Gasteiger charge is 2.33. The van der Waals surface area contributed by atoms with E-state index in [-0.39, 0.29) is 16.5 Å². The number of sulfone groups is 1. The monoisotopic (exact) mass is 292 g/mol. The van der Waals surface area contributed by atoms with Gasteiger partial charge in [-0.25, -0.2) is 8.42 Å². The van der Waals surface area contributed by atoms with E-state index in [4.69, 9.17) is 0 Å². The van der Waals surface area contributed by atoms with Crippen LogP contribution in [0.25, 0.3) is 0 Å². The van der Waals surface area contributed by atoms with Crippen LogP contribution in [0.1, 0.15) is 16.8 Å². The average Bonchev–Trinajstić information content (AvgIpc) is 2.71. The van der Waals surface area contributed by atoms with Crippen LogP contribution in [0.5, 0.6) is 0 Å². The highest BCUT2D eigenvalue weighted by atomic mass is 79.9. The molecule has 1 saturated heterocycles. The Kier molecular flexibility index (Phi) is 2.89. The van der Waals surface area contributed by atoms with E-state index in [9.17, 15) is 8.42 Å². The molecule has 0 aliphatic carbocycles. The number of hydrogen-bond donors (Lipinski definition) is 0. The molecule has 6 heteroatoms. The Morgan fingerprint density at radius 3 is 2.87 bits per heavy atom. The summed E-state index contributed by atoms with van der Waals surface area (Å²) in [4.78, 5) is 0.100. The zero-order valence-electron chi connectivity index (χ0n) is 8.43. The van der Waals surface area contributed by atoms with E-state index < -0.39 is 9.84 Å². The molecule has 0 saturated carbocycles. The molecule has 0 aromatic carbocycles. The minimum absolute atomic E-state index is 0.100. The van der Waals surface area contributed by atoms with Crippen molar-refractivity contribution in [3.8, 4) is 0 Å². The summed E-state index contributed by atoms with van der Waals surface area (Å²) in [6.45, 7) is 0. The van der Waals surface area contributed by atoms with Gasteiger partial charge >= 0.3 is 0 Å². The Hall–Kier alpha value is -0.360. The second kappa shape index (κ2) is 3.90. The number of aryl methyl sites for hydroxylation is 1. The van der Waals surface area contributed by atoms with Gasteiger partial charge in [-0.2, -0.15) is 5.10 Å². The minimum atomic E-state index is -2.80. The van der Waals surface area contributed by atoms with Crippen molar-refractivity contribution in [1.82, 2.24) is 9.78 Å². The quantitative estimate of drug-likeness (QED) is 0.772. The van der Waals surface area contributed by atoms with Crippen LogP contribution in [0.15, 0.2) is 12.4 Å². The van der Waals surface area contributed by atoms with Crippen molar-refractivity contribution in [2.75, 3.05) is 11.5 Å². The van der Waals surface area contributed by atoms with Crippen LogP contribution in [-0.2, 0) is 16.9 Å². The van der Waals surface area contributed by atoms with Gasteiger partial charge in [-0.15, -0.1) is 0 Å². The molecule has 2 rings (SSSR count). The lowest BCUT2D eigenvalue weighted by Gasteiger charge is -2.13. The minimum Gasteiger partial charge on any atom is -0.276 e. The summed E-state index contributed by atoms with van der Waals surface area (Å²) in [6.07, 6.45) is 4.45. The van der Waals surface area contributed by atoms with Gasteiger partial charge in [0.25, 0.3) is 0 Å². The molecule has 0 amide bonds. The van der Waals surface area contributed by atoms with Crippen LogP contribution in [0.2, 0.25) is 0 Å². The molecule has 0 N–H and O–H groups in total. The molecule has 1 aromatic heterocycles. The number of aromatic nitrogens is 2. The van der Waals surface area contributed by atoms with Crippen LogP contribution in [0.4, 0.5) is 0 Å². The summed E-state index contributed by atoms with van der Waals surface area (Å²) in [5.41, 5.74) is 1.06. The molecule has 1 aliphatic rings. The van der Waals surface area contributed by atoms with Gasteiger partial charge in [-0.05, 0) is 12.3 Å². The molecule has 0 bridgehead atoms. The highest BCUT2D eigenvalue weighted by Crippen LogP contribution is 2.37. The van der Waals surface area contributed by atoms with Crippen LogP contribution in [0.3, 0.4) is 0 Å². The van der Waals surface area contributed by atoms with E-state index in [1.807, 2.05) is 13.2 Å². The van der Waals surface area contributed by atoms with E-state index in [0.29, 0.717) is 5.75 Å². The van der Waals surface area contributed by atoms with Gasteiger partial charge in [-0.3, -0.25) is 4.68 Å². The van der Waals surface area contributed by atoms with E-state index in [1.165, 1.54) is 0 Å². The van der Waals surface area contributed by atoms with Crippen molar-refractivity contribution in [3.63, 3.8) is 0 Å². The Bertz CT molecular complexity index is 454. The fourth-order valence-corrected chi connectivity index (χ4v) is 4.68. The van der Waals surface area contributed by atoms with Crippen molar-refractivity contribution >= 4 is 25.8 Å². The molecule has 0 spiro atoms. The van der Waals surface area contributed by atoms with Gasteiger partial charge in [0.15, 0.2) is 9.84 Å².